The molecule has 0 aliphatic carbocycles. The number of hydrogen-bond acceptors (Lipinski definition) is 8. The van der Waals surface area contributed by atoms with Crippen LogP contribution in [0.5, 0.6) is 11.5 Å². The van der Waals surface area contributed by atoms with Gasteiger partial charge in [-0.1, -0.05) is 29.4 Å². The Morgan fingerprint density at radius 2 is 1.65 bits per heavy atom. The zero-order valence-electron chi connectivity index (χ0n) is 17.3. The summed E-state index contributed by atoms with van der Waals surface area (Å²) in [5, 5.41) is 6.42. The molecule has 0 aliphatic heterocycles. The minimum Gasteiger partial charge on any atom is -0.493 e. The van der Waals surface area contributed by atoms with Crippen LogP contribution < -0.4 is 14.8 Å². The van der Waals surface area contributed by atoms with E-state index in [9.17, 15) is 9.59 Å². The normalized spacial score (nSPS) is 10.4. The van der Waals surface area contributed by atoms with Crippen LogP contribution in [-0.4, -0.2) is 41.8 Å². The molecule has 162 valence electrons. The molecule has 3 aromatic rings. The molecule has 0 aliphatic rings. The Morgan fingerprint density at radius 1 is 0.968 bits per heavy atom. The highest BCUT2D eigenvalue weighted by Crippen LogP contribution is 2.27. The summed E-state index contributed by atoms with van der Waals surface area (Å²) in [6.45, 7) is 4.10. The topological polar surface area (TPSA) is 113 Å². The molecular formula is C22H23N3O6. The monoisotopic (exact) mass is 425 g/mol. The van der Waals surface area contributed by atoms with E-state index in [2.05, 4.69) is 15.5 Å². The van der Waals surface area contributed by atoms with Crippen LogP contribution in [0.3, 0.4) is 0 Å². The predicted octanol–water partition coefficient (Wildman–Crippen LogP) is 3.01. The lowest BCUT2D eigenvalue weighted by Crippen LogP contribution is -2.30. The van der Waals surface area contributed by atoms with E-state index >= 15 is 0 Å². The maximum atomic E-state index is 12.3. The second kappa shape index (κ2) is 10.8. The van der Waals surface area contributed by atoms with Gasteiger partial charge in [0.2, 0.25) is 5.82 Å². The van der Waals surface area contributed by atoms with Crippen molar-refractivity contribution in [2.45, 2.75) is 20.5 Å². The van der Waals surface area contributed by atoms with Crippen LogP contribution in [0.4, 0.5) is 0 Å². The quantitative estimate of drug-likeness (QED) is 0.493. The number of nitrogens with zero attached hydrogens (tertiary/aromatic N) is 2. The molecule has 0 saturated carbocycles. The SMILES string of the molecule is CCOc1ccccc1C(=O)NCC(=O)OCc1nc(-c2ccccc2OCC)no1. The summed E-state index contributed by atoms with van der Waals surface area (Å²) in [6.07, 6.45) is 0. The van der Waals surface area contributed by atoms with Crippen LogP contribution in [0.1, 0.15) is 30.1 Å². The number of hydrogen-bond donors (Lipinski definition) is 1. The van der Waals surface area contributed by atoms with Crippen LogP contribution in [0, 0.1) is 0 Å². The molecule has 0 atom stereocenters. The molecule has 0 radical (unpaired) electrons. The predicted molar refractivity (Wildman–Crippen MR) is 111 cm³/mol. The third-order valence-electron chi connectivity index (χ3n) is 4.08. The van der Waals surface area contributed by atoms with Crippen LogP contribution in [0.25, 0.3) is 11.4 Å². The third-order valence-corrected chi connectivity index (χ3v) is 4.08. The van der Waals surface area contributed by atoms with E-state index in [0.717, 1.165) is 0 Å². The maximum Gasteiger partial charge on any atom is 0.325 e. The summed E-state index contributed by atoms with van der Waals surface area (Å²) in [4.78, 5) is 28.5. The van der Waals surface area contributed by atoms with Crippen molar-refractivity contribution in [3.63, 3.8) is 0 Å². The summed E-state index contributed by atoms with van der Waals surface area (Å²) >= 11 is 0. The molecule has 0 unspecified atom stereocenters. The standard InChI is InChI=1S/C22H23N3O6/c1-3-28-17-11-7-5-9-15(17)21-24-19(31-25-21)14-30-20(26)13-23-22(27)16-10-6-8-12-18(16)29-4-2/h5-12H,3-4,13-14H2,1-2H3,(H,23,27). The minimum absolute atomic E-state index is 0.127. The van der Waals surface area contributed by atoms with Crippen molar-refractivity contribution in [1.82, 2.24) is 15.5 Å². The number of carbonyl (C=O) groups is 2. The Balaban J connectivity index is 1.53. The molecule has 2 aromatic carbocycles. The first kappa shape index (κ1) is 21.8. The molecule has 1 aromatic heterocycles. The molecule has 9 nitrogen and oxygen atoms in total. The van der Waals surface area contributed by atoms with Gasteiger partial charge in [0.15, 0.2) is 6.61 Å². The van der Waals surface area contributed by atoms with Crippen molar-refractivity contribution in [1.29, 1.82) is 0 Å². The van der Waals surface area contributed by atoms with Gasteiger partial charge in [0, 0.05) is 0 Å². The highest BCUT2D eigenvalue weighted by molar-refractivity contribution is 5.98. The van der Waals surface area contributed by atoms with Crippen molar-refractivity contribution in [3.05, 3.63) is 60.0 Å². The molecular weight excluding hydrogens is 402 g/mol. The number of ether oxygens (including phenoxy) is 3. The van der Waals surface area contributed by atoms with Gasteiger partial charge in [-0.3, -0.25) is 9.59 Å². The highest BCUT2D eigenvalue weighted by Gasteiger charge is 2.16. The molecule has 0 saturated heterocycles. The van der Waals surface area contributed by atoms with Crippen LogP contribution in [0.15, 0.2) is 53.1 Å². The maximum absolute atomic E-state index is 12.3. The van der Waals surface area contributed by atoms with E-state index in [1.165, 1.54) is 0 Å². The van der Waals surface area contributed by atoms with Crippen molar-refractivity contribution in [2.75, 3.05) is 19.8 Å². The Kier molecular flexibility index (Phi) is 7.58. The number of rotatable bonds is 10. The zero-order valence-corrected chi connectivity index (χ0v) is 17.3. The number of benzene rings is 2. The van der Waals surface area contributed by atoms with E-state index in [1.54, 1.807) is 36.4 Å². The summed E-state index contributed by atoms with van der Waals surface area (Å²) in [7, 11) is 0. The van der Waals surface area contributed by atoms with E-state index in [0.29, 0.717) is 41.7 Å². The van der Waals surface area contributed by atoms with Gasteiger partial charge in [-0.2, -0.15) is 4.98 Å². The van der Waals surface area contributed by atoms with E-state index in [1.807, 2.05) is 26.0 Å². The minimum atomic E-state index is -0.642. The summed E-state index contributed by atoms with van der Waals surface area (Å²) in [6, 6.07) is 14.1. The number of esters is 1. The molecule has 1 N–H and O–H groups in total. The fourth-order valence-electron chi connectivity index (χ4n) is 2.73. The number of aromatic nitrogens is 2. The van der Waals surface area contributed by atoms with Gasteiger partial charge < -0.3 is 24.1 Å². The lowest BCUT2D eigenvalue weighted by Gasteiger charge is -2.10. The summed E-state index contributed by atoms with van der Waals surface area (Å²) in [5.41, 5.74) is 1.01. The number of nitrogens with one attached hydrogen (secondary N) is 1. The second-order valence-corrected chi connectivity index (χ2v) is 6.21. The zero-order chi connectivity index (χ0) is 22.1. The van der Waals surface area contributed by atoms with Gasteiger partial charge in [0.05, 0.1) is 24.3 Å². The van der Waals surface area contributed by atoms with E-state index in [-0.39, 0.29) is 19.0 Å². The number of para-hydroxylation sites is 2. The molecule has 0 spiro atoms. The first-order chi connectivity index (χ1) is 15.1. The lowest BCUT2D eigenvalue weighted by atomic mass is 10.2. The van der Waals surface area contributed by atoms with E-state index < -0.39 is 11.9 Å². The first-order valence-corrected chi connectivity index (χ1v) is 9.82. The second-order valence-electron chi connectivity index (χ2n) is 6.21. The molecule has 0 bridgehead atoms. The summed E-state index contributed by atoms with van der Waals surface area (Å²) < 4.78 is 21.2. The highest BCUT2D eigenvalue weighted by atomic mass is 16.6. The van der Waals surface area contributed by atoms with Crippen molar-refractivity contribution in [3.8, 4) is 22.9 Å². The molecule has 3 rings (SSSR count). The van der Waals surface area contributed by atoms with Gasteiger partial charge in [0.1, 0.15) is 18.0 Å². The molecule has 1 amide bonds. The Morgan fingerprint density at radius 3 is 2.42 bits per heavy atom. The fourth-order valence-corrected chi connectivity index (χ4v) is 2.73. The number of amides is 1. The summed E-state index contributed by atoms with van der Waals surface area (Å²) in [5.74, 6) is 0.454. The molecule has 1 heterocycles. The van der Waals surface area contributed by atoms with Crippen LogP contribution in [0.2, 0.25) is 0 Å². The number of carbonyl (C=O) groups excluding carboxylic acids is 2. The fraction of sp³-hybridized carbons (Fsp3) is 0.273. The molecule has 0 fully saturated rings. The van der Waals surface area contributed by atoms with Crippen LogP contribution in [-0.2, 0) is 16.1 Å². The van der Waals surface area contributed by atoms with Gasteiger partial charge in [-0.15, -0.1) is 0 Å². The van der Waals surface area contributed by atoms with Crippen LogP contribution >= 0.6 is 0 Å². The van der Waals surface area contributed by atoms with Crippen molar-refractivity contribution < 1.29 is 28.3 Å². The van der Waals surface area contributed by atoms with E-state index in [4.69, 9.17) is 18.7 Å². The van der Waals surface area contributed by atoms with Gasteiger partial charge in [-0.05, 0) is 38.1 Å². The van der Waals surface area contributed by atoms with Gasteiger partial charge in [-0.25, -0.2) is 0 Å². The lowest BCUT2D eigenvalue weighted by molar-refractivity contribution is -0.144. The Labute approximate surface area is 179 Å². The Bertz CT molecular complexity index is 1030. The Hall–Kier alpha value is -3.88. The first-order valence-electron chi connectivity index (χ1n) is 9.82. The molecule has 31 heavy (non-hydrogen) atoms. The van der Waals surface area contributed by atoms with Gasteiger partial charge >= 0.3 is 5.97 Å². The smallest absolute Gasteiger partial charge is 0.325 e. The largest absolute Gasteiger partial charge is 0.493 e. The molecule has 9 heteroatoms. The average molecular weight is 425 g/mol. The average Bonchev–Trinajstić information content (AvgIpc) is 3.26. The van der Waals surface area contributed by atoms with Crippen molar-refractivity contribution >= 4 is 11.9 Å². The van der Waals surface area contributed by atoms with Crippen molar-refractivity contribution in [2.24, 2.45) is 0 Å². The van der Waals surface area contributed by atoms with Gasteiger partial charge in [0.25, 0.3) is 11.8 Å². The third kappa shape index (κ3) is 5.81.